The van der Waals surface area contributed by atoms with Crippen LogP contribution in [0.3, 0.4) is 0 Å². The van der Waals surface area contributed by atoms with Gasteiger partial charge in [-0.15, -0.1) is 0 Å². The Morgan fingerprint density at radius 2 is 1.87 bits per heavy atom. The Morgan fingerprint density at radius 3 is 2.52 bits per heavy atom. The summed E-state index contributed by atoms with van der Waals surface area (Å²) >= 11 is 6.03. The number of nitrogens with zero attached hydrogens (tertiary/aromatic N) is 1. The van der Waals surface area contributed by atoms with Gasteiger partial charge in [0.05, 0.1) is 10.6 Å². The Morgan fingerprint density at radius 1 is 1.13 bits per heavy atom. The van der Waals surface area contributed by atoms with Crippen molar-refractivity contribution >= 4 is 29.3 Å². The number of rotatable bonds is 4. The number of aryl methyl sites for hydroxylation is 2. The lowest BCUT2D eigenvalue weighted by atomic mass is 10.1. The van der Waals surface area contributed by atoms with Crippen molar-refractivity contribution in [2.75, 3.05) is 5.32 Å². The minimum absolute atomic E-state index is 0.0504. The molecule has 0 atom stereocenters. The molecule has 0 bridgehead atoms. The summed E-state index contributed by atoms with van der Waals surface area (Å²) in [7, 11) is 0. The molecule has 3 rings (SSSR count). The maximum Gasteiger partial charge on any atom is 0.416 e. The first kappa shape index (κ1) is 22.2. The third-order valence-corrected chi connectivity index (χ3v) is 4.80. The second-order valence-electron chi connectivity index (χ2n) is 6.84. The molecule has 0 radical (unpaired) electrons. The molecule has 8 heteroatoms. The standard InChI is InChI=1S/C23H16ClF3N2O2/c1-13-3-7-20(14(2)9-13)29-22(30)15(12-28)10-17-5-8-21(31-17)18-11-16(23(25,26)27)4-6-19(18)24/h3-11H,1-2H3,(H,29,30)/b15-10+. The third kappa shape index (κ3) is 5.16. The maximum absolute atomic E-state index is 13.0. The highest BCUT2D eigenvalue weighted by Crippen LogP contribution is 2.36. The van der Waals surface area contributed by atoms with E-state index in [1.54, 1.807) is 12.1 Å². The van der Waals surface area contributed by atoms with Crippen molar-refractivity contribution in [1.82, 2.24) is 0 Å². The summed E-state index contributed by atoms with van der Waals surface area (Å²) in [6.45, 7) is 3.75. The molecule has 4 nitrogen and oxygen atoms in total. The summed E-state index contributed by atoms with van der Waals surface area (Å²) in [5, 5.41) is 12.1. The van der Waals surface area contributed by atoms with Crippen LogP contribution < -0.4 is 5.32 Å². The van der Waals surface area contributed by atoms with Crippen LogP contribution in [0, 0.1) is 25.2 Å². The molecular formula is C23H16ClF3N2O2. The number of nitriles is 1. The summed E-state index contributed by atoms with van der Waals surface area (Å²) in [6.07, 6.45) is -3.32. The molecule has 0 spiro atoms. The predicted molar refractivity (Wildman–Crippen MR) is 112 cm³/mol. The van der Waals surface area contributed by atoms with Crippen LogP contribution >= 0.6 is 11.6 Å². The van der Waals surface area contributed by atoms with Crippen LogP contribution in [0.2, 0.25) is 5.02 Å². The topological polar surface area (TPSA) is 66.0 Å². The first-order chi connectivity index (χ1) is 14.6. The van der Waals surface area contributed by atoms with Gasteiger partial charge in [-0.1, -0.05) is 29.3 Å². The van der Waals surface area contributed by atoms with Crippen LogP contribution in [0.4, 0.5) is 18.9 Å². The van der Waals surface area contributed by atoms with Crippen LogP contribution in [-0.2, 0) is 11.0 Å². The second-order valence-corrected chi connectivity index (χ2v) is 7.24. The fourth-order valence-electron chi connectivity index (χ4n) is 2.90. The molecule has 2 aromatic carbocycles. The Hall–Kier alpha value is -3.50. The highest BCUT2D eigenvalue weighted by molar-refractivity contribution is 6.33. The minimum atomic E-state index is -4.53. The maximum atomic E-state index is 13.0. The van der Waals surface area contributed by atoms with E-state index in [-0.39, 0.29) is 27.7 Å². The number of halogens is 4. The molecule has 0 aliphatic rings. The molecule has 1 aromatic heterocycles. The predicted octanol–water partition coefficient (Wildman–Crippen LogP) is 6.78. The normalized spacial score (nSPS) is 11.8. The van der Waals surface area contributed by atoms with E-state index in [1.807, 2.05) is 26.0 Å². The van der Waals surface area contributed by atoms with Crippen molar-refractivity contribution in [3.8, 4) is 17.4 Å². The van der Waals surface area contributed by atoms with Gasteiger partial charge in [0.2, 0.25) is 0 Å². The number of furan rings is 1. The number of hydrogen-bond acceptors (Lipinski definition) is 3. The molecule has 0 saturated carbocycles. The first-order valence-corrected chi connectivity index (χ1v) is 9.43. The number of benzene rings is 2. The van der Waals surface area contributed by atoms with Crippen LogP contribution in [-0.4, -0.2) is 5.91 Å². The van der Waals surface area contributed by atoms with Crippen molar-refractivity contribution in [1.29, 1.82) is 5.26 Å². The van der Waals surface area contributed by atoms with Gasteiger partial charge in [0.15, 0.2) is 0 Å². The quantitative estimate of drug-likeness (QED) is 0.356. The van der Waals surface area contributed by atoms with E-state index < -0.39 is 17.6 Å². The molecule has 31 heavy (non-hydrogen) atoms. The van der Waals surface area contributed by atoms with Gasteiger partial charge in [0.1, 0.15) is 23.2 Å². The summed E-state index contributed by atoms with van der Waals surface area (Å²) in [4.78, 5) is 12.5. The van der Waals surface area contributed by atoms with Crippen LogP contribution in [0.1, 0.15) is 22.5 Å². The molecule has 3 aromatic rings. The van der Waals surface area contributed by atoms with E-state index in [9.17, 15) is 23.2 Å². The summed E-state index contributed by atoms with van der Waals surface area (Å²) < 4.78 is 44.5. The summed E-state index contributed by atoms with van der Waals surface area (Å²) in [5.74, 6) is -0.435. The van der Waals surface area contributed by atoms with E-state index in [2.05, 4.69) is 5.32 Å². The Balaban J connectivity index is 1.87. The smallest absolute Gasteiger partial charge is 0.416 e. The van der Waals surface area contributed by atoms with E-state index in [4.69, 9.17) is 16.0 Å². The molecular weight excluding hydrogens is 429 g/mol. The van der Waals surface area contributed by atoms with Gasteiger partial charge in [-0.25, -0.2) is 0 Å². The van der Waals surface area contributed by atoms with E-state index in [0.717, 1.165) is 29.3 Å². The fraction of sp³-hybridized carbons (Fsp3) is 0.130. The lowest BCUT2D eigenvalue weighted by Gasteiger charge is -2.09. The van der Waals surface area contributed by atoms with Crippen LogP contribution in [0.5, 0.6) is 0 Å². The SMILES string of the molecule is Cc1ccc(NC(=O)/C(C#N)=C/c2ccc(-c3cc(C(F)(F)F)ccc3Cl)o2)c(C)c1. The van der Waals surface area contributed by atoms with Crippen molar-refractivity contribution in [2.24, 2.45) is 0 Å². The monoisotopic (exact) mass is 444 g/mol. The Kier molecular flexibility index (Phi) is 6.23. The number of amides is 1. The molecule has 0 unspecified atom stereocenters. The molecule has 1 N–H and O–H groups in total. The Bertz CT molecular complexity index is 1220. The molecule has 0 aliphatic heterocycles. The van der Waals surface area contributed by atoms with Gasteiger partial charge >= 0.3 is 6.18 Å². The molecule has 0 fully saturated rings. The lowest BCUT2D eigenvalue weighted by molar-refractivity contribution is -0.137. The second kappa shape index (κ2) is 8.70. The van der Waals surface area contributed by atoms with E-state index in [1.165, 1.54) is 18.2 Å². The minimum Gasteiger partial charge on any atom is -0.457 e. The molecule has 1 amide bonds. The van der Waals surface area contributed by atoms with Crippen molar-refractivity contribution in [3.63, 3.8) is 0 Å². The average molecular weight is 445 g/mol. The molecule has 158 valence electrons. The number of nitrogens with one attached hydrogen (secondary N) is 1. The van der Waals surface area contributed by atoms with Gasteiger partial charge in [0.25, 0.3) is 5.91 Å². The largest absolute Gasteiger partial charge is 0.457 e. The fourth-order valence-corrected chi connectivity index (χ4v) is 3.11. The summed E-state index contributed by atoms with van der Waals surface area (Å²) in [5.41, 5.74) is 1.39. The van der Waals surface area contributed by atoms with E-state index in [0.29, 0.717) is 5.69 Å². The van der Waals surface area contributed by atoms with Crippen molar-refractivity contribution < 1.29 is 22.4 Å². The van der Waals surface area contributed by atoms with Gasteiger partial charge in [-0.3, -0.25) is 4.79 Å². The summed E-state index contributed by atoms with van der Waals surface area (Å²) in [6, 6.07) is 13.0. The van der Waals surface area contributed by atoms with Crippen molar-refractivity contribution in [3.05, 3.63) is 81.6 Å². The van der Waals surface area contributed by atoms with Crippen LogP contribution in [0.15, 0.2) is 58.5 Å². The van der Waals surface area contributed by atoms with Gasteiger partial charge in [-0.05, 0) is 55.8 Å². The highest BCUT2D eigenvalue weighted by atomic mass is 35.5. The third-order valence-electron chi connectivity index (χ3n) is 4.47. The van der Waals surface area contributed by atoms with Crippen molar-refractivity contribution in [2.45, 2.75) is 20.0 Å². The molecule has 0 saturated heterocycles. The number of alkyl halides is 3. The lowest BCUT2D eigenvalue weighted by Crippen LogP contribution is -2.14. The zero-order valence-corrected chi connectivity index (χ0v) is 17.2. The van der Waals surface area contributed by atoms with E-state index >= 15 is 0 Å². The number of hydrogen-bond donors (Lipinski definition) is 1. The number of carbonyl (C=O) groups excluding carboxylic acids is 1. The van der Waals surface area contributed by atoms with Gasteiger partial charge in [-0.2, -0.15) is 18.4 Å². The number of anilines is 1. The zero-order chi connectivity index (χ0) is 22.8. The van der Waals surface area contributed by atoms with Gasteiger partial charge in [0, 0.05) is 17.3 Å². The zero-order valence-electron chi connectivity index (χ0n) is 16.5. The highest BCUT2D eigenvalue weighted by Gasteiger charge is 2.31. The van der Waals surface area contributed by atoms with Crippen LogP contribution in [0.25, 0.3) is 17.4 Å². The number of carbonyl (C=O) groups is 1. The first-order valence-electron chi connectivity index (χ1n) is 9.06. The Labute approximate surface area is 181 Å². The molecule has 0 aliphatic carbocycles. The molecule has 1 heterocycles. The average Bonchev–Trinajstić information content (AvgIpc) is 3.16. The van der Waals surface area contributed by atoms with Gasteiger partial charge < -0.3 is 9.73 Å².